The van der Waals surface area contributed by atoms with E-state index < -0.39 is 24.2 Å². The standard InChI is InChI=1S/C23H34N6O6S/c1-9(4-10(2)30)16-17-11(3)19(18(22(34)35)29(17)21(16)33)36-12-5-13(26-6-12)20(32)28-7-14(15(31)8-28)27-23(24)25/h9,11-17,26,31H,4-8H2,1-3H3,(H,34,35)(H4,24,25,27)/t9-,11+,12?,13-,14+,15-,16+,17+/m0/s1. The number of likely N-dealkylation sites (tertiary alicyclic amines) is 1. The number of nitrogens with two attached hydrogens (primary N) is 2. The van der Waals surface area contributed by atoms with Crippen LogP contribution >= 0.6 is 11.8 Å². The number of carboxylic acid groups (broad SMARTS) is 1. The minimum Gasteiger partial charge on any atom is -0.477 e. The third-order valence-corrected chi connectivity index (χ3v) is 9.09. The van der Waals surface area contributed by atoms with E-state index in [1.165, 1.54) is 28.5 Å². The molecular formula is C23H34N6O6S. The molecule has 36 heavy (non-hydrogen) atoms. The summed E-state index contributed by atoms with van der Waals surface area (Å²) in [6.07, 6.45) is -0.0792. The van der Waals surface area contributed by atoms with Gasteiger partial charge in [0.1, 0.15) is 11.5 Å². The van der Waals surface area contributed by atoms with Crippen molar-refractivity contribution >= 4 is 41.3 Å². The number of aliphatic imine (C=N–C) groups is 1. The number of aliphatic hydroxyl groups is 1. The Hall–Kier alpha value is -2.64. The molecule has 0 saturated carbocycles. The number of β-amino-alcohol motifs (C(OH)–C–C–N with tert-alkyl or cyclic N) is 1. The highest BCUT2D eigenvalue weighted by Crippen LogP contribution is 2.53. The van der Waals surface area contributed by atoms with Crippen molar-refractivity contribution in [3.8, 4) is 0 Å². The maximum absolute atomic E-state index is 13.1. The Kier molecular flexibility index (Phi) is 7.35. The Balaban J connectivity index is 1.42. The van der Waals surface area contributed by atoms with Gasteiger partial charge in [0.05, 0.1) is 30.1 Å². The molecule has 0 spiro atoms. The SMILES string of the molecule is CC(=O)C[C@H](C)[C@H]1C(=O)N2C(C(=O)O)=C(SC3CN[C@H](C(=O)N4C[C@H](O)[C@H](N=C(N)N)C4)C3)[C@H](C)[C@H]12. The van der Waals surface area contributed by atoms with Gasteiger partial charge in [-0.25, -0.2) is 9.79 Å². The summed E-state index contributed by atoms with van der Waals surface area (Å²) in [5.74, 6) is -2.40. The molecule has 0 aromatic heterocycles. The molecule has 4 aliphatic rings. The van der Waals surface area contributed by atoms with E-state index in [9.17, 15) is 29.4 Å². The predicted molar refractivity (Wildman–Crippen MR) is 132 cm³/mol. The van der Waals surface area contributed by atoms with E-state index in [1.54, 1.807) is 0 Å². The fourth-order valence-electron chi connectivity index (χ4n) is 6.00. The Labute approximate surface area is 213 Å². The fraction of sp³-hybridized carbons (Fsp3) is 0.696. The first-order valence-electron chi connectivity index (χ1n) is 12.2. The molecule has 0 radical (unpaired) electrons. The van der Waals surface area contributed by atoms with Crippen LogP contribution in [0.4, 0.5) is 0 Å². The molecule has 198 valence electrons. The molecule has 0 aromatic carbocycles. The van der Waals surface area contributed by atoms with Gasteiger partial charge in [-0.15, -0.1) is 11.8 Å². The first-order chi connectivity index (χ1) is 16.9. The summed E-state index contributed by atoms with van der Waals surface area (Å²) >= 11 is 1.41. The topological polar surface area (TPSA) is 192 Å². The number of aliphatic hydroxyl groups excluding tert-OH is 1. The number of carbonyl (C=O) groups excluding carboxylic acids is 3. The number of β-lactam (4-membered cyclic amide) rings is 1. The van der Waals surface area contributed by atoms with Crippen molar-refractivity contribution in [2.45, 2.75) is 63.1 Å². The number of carboxylic acids is 1. The lowest BCUT2D eigenvalue weighted by atomic mass is 9.73. The van der Waals surface area contributed by atoms with Gasteiger partial charge in [-0.1, -0.05) is 13.8 Å². The molecule has 0 aromatic rings. The number of guanidine groups is 1. The van der Waals surface area contributed by atoms with Crippen molar-refractivity contribution in [3.63, 3.8) is 0 Å². The summed E-state index contributed by atoms with van der Waals surface area (Å²) in [7, 11) is 0. The van der Waals surface area contributed by atoms with Gasteiger partial charge in [-0.2, -0.15) is 0 Å². The summed E-state index contributed by atoms with van der Waals surface area (Å²) in [6, 6.07) is -1.31. The number of aliphatic carboxylic acids is 1. The van der Waals surface area contributed by atoms with E-state index >= 15 is 0 Å². The zero-order chi connectivity index (χ0) is 26.5. The van der Waals surface area contributed by atoms with Gasteiger partial charge in [-0.3, -0.25) is 9.59 Å². The van der Waals surface area contributed by atoms with Gasteiger partial charge in [-0.05, 0) is 19.3 Å². The molecule has 0 bridgehead atoms. The first-order valence-corrected chi connectivity index (χ1v) is 13.0. The number of ketones is 1. The third kappa shape index (κ3) is 4.71. The lowest BCUT2D eigenvalue weighted by Crippen LogP contribution is -2.62. The predicted octanol–water partition coefficient (Wildman–Crippen LogP) is -1.32. The van der Waals surface area contributed by atoms with Gasteiger partial charge < -0.3 is 41.6 Å². The molecule has 0 aliphatic carbocycles. The quantitative estimate of drug-likeness (QED) is 0.145. The van der Waals surface area contributed by atoms with Crippen LogP contribution < -0.4 is 16.8 Å². The Morgan fingerprint density at radius 1 is 1.28 bits per heavy atom. The van der Waals surface area contributed by atoms with Crippen LogP contribution in [0.5, 0.6) is 0 Å². The van der Waals surface area contributed by atoms with E-state index in [0.717, 1.165) is 0 Å². The normalized spacial score (nSPS) is 34.4. The summed E-state index contributed by atoms with van der Waals surface area (Å²) < 4.78 is 0. The van der Waals surface area contributed by atoms with Crippen molar-refractivity contribution in [2.24, 2.45) is 34.2 Å². The number of rotatable bonds is 8. The monoisotopic (exact) mass is 522 g/mol. The van der Waals surface area contributed by atoms with Crippen molar-refractivity contribution in [2.75, 3.05) is 19.6 Å². The lowest BCUT2D eigenvalue weighted by molar-refractivity contribution is -0.160. The van der Waals surface area contributed by atoms with Gasteiger partial charge in [0, 0.05) is 42.1 Å². The van der Waals surface area contributed by atoms with Crippen LogP contribution in [-0.2, 0) is 19.2 Å². The number of fused-ring (bicyclic) bond motifs is 1. The number of Topliss-reactive ketones (excluding diaryl/α,β-unsaturated/α-hetero) is 1. The molecule has 2 amide bonds. The van der Waals surface area contributed by atoms with Crippen LogP contribution in [0.2, 0.25) is 0 Å². The van der Waals surface area contributed by atoms with E-state index in [1.807, 2.05) is 13.8 Å². The minimum atomic E-state index is -1.15. The van der Waals surface area contributed by atoms with Gasteiger partial charge in [0.25, 0.3) is 0 Å². The highest BCUT2D eigenvalue weighted by Gasteiger charge is 2.60. The number of hydrogen-bond acceptors (Lipinski definition) is 8. The van der Waals surface area contributed by atoms with E-state index in [4.69, 9.17) is 11.5 Å². The zero-order valence-corrected chi connectivity index (χ0v) is 21.4. The summed E-state index contributed by atoms with van der Waals surface area (Å²) in [6.45, 7) is 6.14. The molecule has 13 heteroatoms. The first kappa shape index (κ1) is 26.4. The molecular weight excluding hydrogens is 488 g/mol. The van der Waals surface area contributed by atoms with Gasteiger partial charge >= 0.3 is 5.97 Å². The average molecular weight is 523 g/mol. The third-order valence-electron chi connectivity index (χ3n) is 7.58. The maximum Gasteiger partial charge on any atom is 0.353 e. The zero-order valence-electron chi connectivity index (χ0n) is 20.6. The molecule has 7 N–H and O–H groups in total. The van der Waals surface area contributed by atoms with Crippen molar-refractivity contribution in [1.82, 2.24) is 15.1 Å². The minimum absolute atomic E-state index is 0.00305. The number of hydrogen-bond donors (Lipinski definition) is 5. The number of carbonyl (C=O) groups is 4. The smallest absolute Gasteiger partial charge is 0.353 e. The number of nitrogens with one attached hydrogen (secondary N) is 1. The molecule has 4 rings (SSSR count). The van der Waals surface area contributed by atoms with Gasteiger partial charge in [0.15, 0.2) is 5.96 Å². The largest absolute Gasteiger partial charge is 0.477 e. The van der Waals surface area contributed by atoms with E-state index in [2.05, 4.69) is 10.3 Å². The second-order valence-corrected chi connectivity index (χ2v) is 11.6. The van der Waals surface area contributed by atoms with Gasteiger partial charge in [0.2, 0.25) is 11.8 Å². The van der Waals surface area contributed by atoms with Crippen LogP contribution in [0.15, 0.2) is 15.6 Å². The second kappa shape index (κ2) is 10.0. The van der Waals surface area contributed by atoms with Crippen LogP contribution in [0.1, 0.15) is 33.6 Å². The lowest BCUT2D eigenvalue weighted by Gasteiger charge is -2.47. The molecule has 1 unspecified atom stereocenters. The Morgan fingerprint density at radius 3 is 2.58 bits per heavy atom. The average Bonchev–Trinajstić information content (AvgIpc) is 3.44. The molecule has 8 atom stereocenters. The molecule has 4 heterocycles. The molecule has 4 aliphatic heterocycles. The Bertz CT molecular complexity index is 1030. The van der Waals surface area contributed by atoms with E-state index in [0.29, 0.717) is 17.9 Å². The van der Waals surface area contributed by atoms with Crippen molar-refractivity contribution in [1.29, 1.82) is 0 Å². The highest BCUT2D eigenvalue weighted by molar-refractivity contribution is 8.03. The number of nitrogens with zero attached hydrogens (tertiary/aromatic N) is 3. The van der Waals surface area contributed by atoms with Crippen LogP contribution in [0.3, 0.4) is 0 Å². The van der Waals surface area contributed by atoms with Crippen LogP contribution in [-0.4, -0.2) is 98.7 Å². The summed E-state index contributed by atoms with van der Waals surface area (Å²) in [4.78, 5) is 57.3. The summed E-state index contributed by atoms with van der Waals surface area (Å²) in [5, 5.41) is 23.3. The summed E-state index contributed by atoms with van der Waals surface area (Å²) in [5.41, 5.74) is 10.8. The second-order valence-electron chi connectivity index (χ2n) is 10.3. The molecule has 3 saturated heterocycles. The molecule has 12 nitrogen and oxygen atoms in total. The molecule has 3 fully saturated rings. The number of amides is 2. The number of thioether (sulfide) groups is 1. The maximum atomic E-state index is 13.1. The van der Waals surface area contributed by atoms with Crippen molar-refractivity contribution < 1.29 is 29.4 Å². The van der Waals surface area contributed by atoms with Crippen LogP contribution in [0.25, 0.3) is 0 Å². The fourth-order valence-corrected chi connectivity index (χ4v) is 7.47. The highest BCUT2D eigenvalue weighted by atomic mass is 32.2. The van der Waals surface area contributed by atoms with Crippen molar-refractivity contribution in [3.05, 3.63) is 10.6 Å². The van der Waals surface area contributed by atoms with E-state index in [-0.39, 0.29) is 77.8 Å². The Morgan fingerprint density at radius 2 is 1.97 bits per heavy atom. The van der Waals surface area contributed by atoms with Crippen LogP contribution in [0, 0.1) is 17.8 Å².